The van der Waals surface area contributed by atoms with E-state index in [1.54, 1.807) is 12.1 Å². The van der Waals surface area contributed by atoms with E-state index in [-0.39, 0.29) is 0 Å². The molecular formula is C13H12N2O. The predicted octanol–water partition coefficient (Wildman–Crippen LogP) is 2.16. The summed E-state index contributed by atoms with van der Waals surface area (Å²) in [6.45, 7) is 1.91. The maximum absolute atomic E-state index is 11.3. The van der Waals surface area contributed by atoms with Crippen LogP contribution < -0.4 is 5.73 Å². The van der Waals surface area contributed by atoms with Gasteiger partial charge in [-0.1, -0.05) is 24.3 Å². The molecule has 0 aliphatic carbocycles. The van der Waals surface area contributed by atoms with Crippen LogP contribution in [0, 0.1) is 6.92 Å². The Labute approximate surface area is 93.9 Å². The third-order valence-corrected chi connectivity index (χ3v) is 2.36. The minimum absolute atomic E-state index is 0.432. The minimum atomic E-state index is -0.432. The number of primary amides is 1. The number of nitrogens with zero attached hydrogens (tertiary/aromatic N) is 1. The fraction of sp³-hybridized carbons (Fsp3) is 0.0769. The highest BCUT2D eigenvalue weighted by atomic mass is 16.1. The fourth-order valence-electron chi connectivity index (χ4n) is 1.61. The first-order chi connectivity index (χ1) is 7.68. The monoisotopic (exact) mass is 212 g/mol. The lowest BCUT2D eigenvalue weighted by Crippen LogP contribution is -2.12. The lowest BCUT2D eigenvalue weighted by Gasteiger charge is -2.06. The number of hydrogen-bond donors (Lipinski definition) is 1. The molecular weight excluding hydrogens is 200 g/mol. The standard InChI is InChI=1S/C13H12N2O/c1-9-5-4-8-12(15-9)10-6-2-3-7-11(10)13(14)16/h2-8H,1H3,(H2,14,16). The summed E-state index contributed by atoms with van der Waals surface area (Å²) in [5.41, 5.74) is 8.29. The molecule has 1 amide bonds. The summed E-state index contributed by atoms with van der Waals surface area (Å²) < 4.78 is 0. The molecule has 0 radical (unpaired) electrons. The maximum atomic E-state index is 11.3. The van der Waals surface area contributed by atoms with Crippen LogP contribution in [0.15, 0.2) is 42.5 Å². The molecule has 3 heteroatoms. The van der Waals surface area contributed by atoms with Crippen LogP contribution >= 0.6 is 0 Å². The summed E-state index contributed by atoms with van der Waals surface area (Å²) >= 11 is 0. The van der Waals surface area contributed by atoms with E-state index in [2.05, 4.69) is 4.98 Å². The SMILES string of the molecule is Cc1cccc(-c2ccccc2C(N)=O)n1. The molecule has 0 aliphatic rings. The van der Waals surface area contributed by atoms with Crippen LogP contribution in [0.2, 0.25) is 0 Å². The Morgan fingerprint density at radius 1 is 1.12 bits per heavy atom. The van der Waals surface area contributed by atoms with Gasteiger partial charge in [0, 0.05) is 16.8 Å². The summed E-state index contributed by atoms with van der Waals surface area (Å²) in [6, 6.07) is 12.9. The molecule has 2 N–H and O–H groups in total. The van der Waals surface area contributed by atoms with Crippen molar-refractivity contribution >= 4 is 5.91 Å². The van der Waals surface area contributed by atoms with Gasteiger partial charge < -0.3 is 5.73 Å². The van der Waals surface area contributed by atoms with Gasteiger partial charge in [0.15, 0.2) is 0 Å². The second-order valence-corrected chi connectivity index (χ2v) is 3.57. The number of nitrogens with two attached hydrogens (primary N) is 1. The second kappa shape index (κ2) is 4.14. The Morgan fingerprint density at radius 3 is 2.56 bits per heavy atom. The molecule has 2 rings (SSSR count). The third-order valence-electron chi connectivity index (χ3n) is 2.36. The van der Waals surface area contributed by atoms with E-state index >= 15 is 0 Å². The van der Waals surface area contributed by atoms with Crippen LogP contribution in [-0.2, 0) is 0 Å². The number of carbonyl (C=O) groups is 1. The average Bonchev–Trinajstić information content (AvgIpc) is 2.29. The van der Waals surface area contributed by atoms with Crippen molar-refractivity contribution in [3.63, 3.8) is 0 Å². The van der Waals surface area contributed by atoms with Gasteiger partial charge in [-0.05, 0) is 25.1 Å². The summed E-state index contributed by atoms with van der Waals surface area (Å²) in [6.07, 6.45) is 0. The Hall–Kier alpha value is -2.16. The van der Waals surface area contributed by atoms with Crippen molar-refractivity contribution in [1.82, 2.24) is 4.98 Å². The lowest BCUT2D eigenvalue weighted by atomic mass is 10.0. The van der Waals surface area contributed by atoms with Crippen LogP contribution in [0.3, 0.4) is 0 Å². The average molecular weight is 212 g/mol. The fourth-order valence-corrected chi connectivity index (χ4v) is 1.61. The van der Waals surface area contributed by atoms with Crippen molar-refractivity contribution in [2.24, 2.45) is 5.73 Å². The number of rotatable bonds is 2. The summed E-state index contributed by atoms with van der Waals surface area (Å²) in [5, 5.41) is 0. The number of hydrogen-bond acceptors (Lipinski definition) is 2. The molecule has 80 valence electrons. The molecule has 0 bridgehead atoms. The largest absolute Gasteiger partial charge is 0.366 e. The number of pyridine rings is 1. The van der Waals surface area contributed by atoms with Crippen molar-refractivity contribution in [2.75, 3.05) is 0 Å². The molecule has 0 saturated heterocycles. The molecule has 16 heavy (non-hydrogen) atoms. The molecule has 0 spiro atoms. The number of carbonyl (C=O) groups excluding carboxylic acids is 1. The molecule has 0 unspecified atom stereocenters. The zero-order valence-corrected chi connectivity index (χ0v) is 8.97. The first-order valence-electron chi connectivity index (χ1n) is 5.01. The van der Waals surface area contributed by atoms with E-state index in [0.29, 0.717) is 5.56 Å². The van der Waals surface area contributed by atoms with Crippen molar-refractivity contribution in [3.05, 3.63) is 53.7 Å². The number of aryl methyl sites for hydroxylation is 1. The van der Waals surface area contributed by atoms with Gasteiger partial charge in [-0.3, -0.25) is 9.78 Å². The Bertz CT molecular complexity index is 535. The summed E-state index contributed by atoms with van der Waals surface area (Å²) in [7, 11) is 0. The van der Waals surface area contributed by atoms with Gasteiger partial charge >= 0.3 is 0 Å². The Morgan fingerprint density at radius 2 is 1.88 bits per heavy atom. The van der Waals surface area contributed by atoms with Gasteiger partial charge in [-0.15, -0.1) is 0 Å². The van der Waals surface area contributed by atoms with Gasteiger partial charge in [-0.2, -0.15) is 0 Å². The van der Waals surface area contributed by atoms with E-state index in [4.69, 9.17) is 5.73 Å². The van der Waals surface area contributed by atoms with Crippen LogP contribution in [0.4, 0.5) is 0 Å². The highest BCUT2D eigenvalue weighted by molar-refractivity contribution is 5.99. The number of benzene rings is 1. The zero-order chi connectivity index (χ0) is 11.5. The molecule has 1 aromatic carbocycles. The van der Waals surface area contributed by atoms with E-state index in [1.807, 2.05) is 37.3 Å². The highest BCUT2D eigenvalue weighted by Crippen LogP contribution is 2.21. The van der Waals surface area contributed by atoms with Crippen LogP contribution in [-0.4, -0.2) is 10.9 Å². The van der Waals surface area contributed by atoms with E-state index < -0.39 is 5.91 Å². The predicted molar refractivity (Wildman–Crippen MR) is 62.9 cm³/mol. The molecule has 1 aromatic heterocycles. The van der Waals surface area contributed by atoms with Crippen molar-refractivity contribution in [2.45, 2.75) is 6.92 Å². The van der Waals surface area contributed by atoms with E-state index in [9.17, 15) is 4.79 Å². The first kappa shape index (κ1) is 10.4. The van der Waals surface area contributed by atoms with Crippen LogP contribution in [0.1, 0.15) is 16.1 Å². The number of aromatic nitrogens is 1. The molecule has 2 aromatic rings. The molecule has 1 heterocycles. The zero-order valence-electron chi connectivity index (χ0n) is 8.97. The Kier molecular flexibility index (Phi) is 2.68. The van der Waals surface area contributed by atoms with E-state index in [0.717, 1.165) is 17.0 Å². The minimum Gasteiger partial charge on any atom is -0.366 e. The van der Waals surface area contributed by atoms with Crippen molar-refractivity contribution < 1.29 is 4.79 Å². The van der Waals surface area contributed by atoms with Crippen LogP contribution in [0.25, 0.3) is 11.3 Å². The third kappa shape index (κ3) is 1.93. The highest BCUT2D eigenvalue weighted by Gasteiger charge is 2.09. The molecule has 3 nitrogen and oxygen atoms in total. The molecule has 0 aliphatic heterocycles. The smallest absolute Gasteiger partial charge is 0.249 e. The first-order valence-corrected chi connectivity index (χ1v) is 5.01. The van der Waals surface area contributed by atoms with Gasteiger partial charge in [0.2, 0.25) is 5.91 Å². The van der Waals surface area contributed by atoms with Crippen molar-refractivity contribution in [3.8, 4) is 11.3 Å². The normalized spacial score (nSPS) is 10.1. The van der Waals surface area contributed by atoms with Gasteiger partial charge in [0.1, 0.15) is 0 Å². The van der Waals surface area contributed by atoms with Gasteiger partial charge in [0.05, 0.1) is 5.69 Å². The summed E-state index contributed by atoms with van der Waals surface area (Å²) in [4.78, 5) is 15.7. The van der Waals surface area contributed by atoms with E-state index in [1.165, 1.54) is 0 Å². The number of amides is 1. The molecule has 0 atom stereocenters. The molecule has 0 saturated carbocycles. The second-order valence-electron chi connectivity index (χ2n) is 3.57. The van der Waals surface area contributed by atoms with Gasteiger partial charge in [-0.25, -0.2) is 0 Å². The topological polar surface area (TPSA) is 56.0 Å². The lowest BCUT2D eigenvalue weighted by molar-refractivity contribution is 0.100. The van der Waals surface area contributed by atoms with Crippen molar-refractivity contribution in [1.29, 1.82) is 0 Å². The maximum Gasteiger partial charge on any atom is 0.249 e. The molecule has 0 fully saturated rings. The van der Waals surface area contributed by atoms with Crippen LogP contribution in [0.5, 0.6) is 0 Å². The Balaban J connectivity index is 2.60. The van der Waals surface area contributed by atoms with Gasteiger partial charge in [0.25, 0.3) is 0 Å². The summed E-state index contributed by atoms with van der Waals surface area (Å²) in [5.74, 6) is -0.432. The quantitative estimate of drug-likeness (QED) is 0.829.